The lowest BCUT2D eigenvalue weighted by Crippen LogP contribution is -2.23. The number of ether oxygens (including phenoxy) is 1. The van der Waals surface area contributed by atoms with Crippen molar-refractivity contribution in [3.8, 4) is 5.75 Å². The van der Waals surface area contributed by atoms with Gasteiger partial charge in [-0.1, -0.05) is 32.9 Å². The quantitative estimate of drug-likeness (QED) is 0.870. The molecular formula is C16H27NO. The first-order chi connectivity index (χ1) is 8.30. The average Bonchev–Trinajstić information content (AvgIpc) is 2.28. The number of nitrogens with one attached hydrogen (secondary N) is 1. The molecule has 1 atom stereocenters. The molecule has 0 fully saturated rings. The van der Waals surface area contributed by atoms with E-state index in [0.717, 1.165) is 12.2 Å². The maximum atomic E-state index is 5.61. The van der Waals surface area contributed by atoms with E-state index in [1.807, 2.05) is 7.05 Å². The molecule has 1 aromatic rings. The molecule has 0 saturated carbocycles. The first kappa shape index (κ1) is 15.0. The minimum atomic E-state index is 0.289. The summed E-state index contributed by atoms with van der Waals surface area (Å²) in [7, 11) is 3.78. The summed E-state index contributed by atoms with van der Waals surface area (Å²) < 4.78 is 5.61. The van der Waals surface area contributed by atoms with E-state index in [-0.39, 0.29) is 5.41 Å². The molecule has 0 aliphatic rings. The molecule has 1 N–H and O–H groups in total. The van der Waals surface area contributed by atoms with E-state index >= 15 is 0 Å². The Morgan fingerprint density at radius 2 is 1.83 bits per heavy atom. The molecule has 18 heavy (non-hydrogen) atoms. The minimum Gasteiger partial charge on any atom is -0.496 e. The molecule has 0 amide bonds. The molecule has 0 aromatic heterocycles. The van der Waals surface area contributed by atoms with Crippen molar-refractivity contribution in [2.24, 2.45) is 5.41 Å². The van der Waals surface area contributed by atoms with Gasteiger partial charge in [0.15, 0.2) is 0 Å². The average molecular weight is 249 g/mol. The number of hydrogen-bond donors (Lipinski definition) is 1. The Bertz CT molecular complexity index is 404. The fraction of sp³-hybridized carbons (Fsp3) is 0.625. The van der Waals surface area contributed by atoms with E-state index in [0.29, 0.717) is 6.04 Å². The molecule has 2 heteroatoms. The molecule has 0 aliphatic carbocycles. The van der Waals surface area contributed by atoms with Crippen molar-refractivity contribution in [1.29, 1.82) is 0 Å². The summed E-state index contributed by atoms with van der Waals surface area (Å²) in [4.78, 5) is 0. The van der Waals surface area contributed by atoms with Crippen molar-refractivity contribution in [1.82, 2.24) is 5.32 Å². The van der Waals surface area contributed by atoms with Crippen LogP contribution in [0.3, 0.4) is 0 Å². The van der Waals surface area contributed by atoms with Crippen LogP contribution in [0.15, 0.2) is 12.1 Å². The third kappa shape index (κ3) is 3.49. The molecule has 102 valence electrons. The van der Waals surface area contributed by atoms with Crippen LogP contribution < -0.4 is 10.1 Å². The lowest BCUT2D eigenvalue weighted by Gasteiger charge is -2.28. The van der Waals surface area contributed by atoms with E-state index in [9.17, 15) is 0 Å². The number of hydrogen-bond acceptors (Lipinski definition) is 2. The Kier molecular flexibility index (Phi) is 4.80. The predicted molar refractivity (Wildman–Crippen MR) is 78.3 cm³/mol. The van der Waals surface area contributed by atoms with Gasteiger partial charge in [0.1, 0.15) is 5.75 Å². The van der Waals surface area contributed by atoms with E-state index in [1.54, 1.807) is 7.11 Å². The van der Waals surface area contributed by atoms with Gasteiger partial charge in [-0.3, -0.25) is 0 Å². The summed E-state index contributed by atoms with van der Waals surface area (Å²) in [5.41, 5.74) is 4.07. The Balaban J connectivity index is 3.17. The second-order valence-corrected chi connectivity index (χ2v) is 6.24. The lowest BCUT2D eigenvalue weighted by atomic mass is 9.84. The van der Waals surface area contributed by atoms with Crippen LogP contribution >= 0.6 is 0 Å². The summed E-state index contributed by atoms with van der Waals surface area (Å²) in [5.74, 6) is 1.03. The van der Waals surface area contributed by atoms with E-state index in [4.69, 9.17) is 4.74 Å². The Morgan fingerprint density at radius 1 is 1.22 bits per heavy atom. The zero-order valence-corrected chi connectivity index (χ0v) is 12.8. The Labute approximate surface area is 112 Å². The number of rotatable bonds is 4. The zero-order valence-electron chi connectivity index (χ0n) is 12.8. The van der Waals surface area contributed by atoms with Gasteiger partial charge in [0.05, 0.1) is 7.11 Å². The van der Waals surface area contributed by atoms with Gasteiger partial charge in [-0.15, -0.1) is 0 Å². The summed E-state index contributed by atoms with van der Waals surface area (Å²) in [6, 6.07) is 4.70. The zero-order chi connectivity index (χ0) is 13.9. The molecule has 1 aromatic carbocycles. The van der Waals surface area contributed by atoms with Gasteiger partial charge in [-0.2, -0.15) is 0 Å². The summed E-state index contributed by atoms with van der Waals surface area (Å²) in [6.45, 7) is 11.1. The van der Waals surface area contributed by atoms with Gasteiger partial charge >= 0.3 is 0 Å². The second kappa shape index (κ2) is 5.75. The first-order valence-electron chi connectivity index (χ1n) is 6.61. The van der Waals surface area contributed by atoms with Gasteiger partial charge in [-0.25, -0.2) is 0 Å². The van der Waals surface area contributed by atoms with Gasteiger partial charge in [0.2, 0.25) is 0 Å². The molecule has 0 aliphatic heterocycles. The molecular weight excluding hydrogens is 222 g/mol. The molecule has 2 nitrogen and oxygen atoms in total. The van der Waals surface area contributed by atoms with Gasteiger partial charge in [0.25, 0.3) is 0 Å². The SMILES string of the molecule is CNC(CC(C)(C)C)c1ccc(C)c(C)c1OC. The Hall–Kier alpha value is -1.02. The highest BCUT2D eigenvalue weighted by Gasteiger charge is 2.22. The molecule has 0 spiro atoms. The van der Waals surface area contributed by atoms with E-state index in [2.05, 4.69) is 52.1 Å². The van der Waals surface area contributed by atoms with E-state index < -0.39 is 0 Å². The maximum Gasteiger partial charge on any atom is 0.126 e. The molecule has 1 rings (SSSR count). The smallest absolute Gasteiger partial charge is 0.126 e. The van der Waals surface area contributed by atoms with Crippen LogP contribution in [-0.4, -0.2) is 14.2 Å². The Morgan fingerprint density at radius 3 is 2.28 bits per heavy atom. The first-order valence-corrected chi connectivity index (χ1v) is 6.61. The number of aryl methyl sites for hydroxylation is 1. The summed E-state index contributed by atoms with van der Waals surface area (Å²) in [6.07, 6.45) is 1.09. The predicted octanol–water partition coefficient (Wildman–Crippen LogP) is 4.01. The molecule has 0 bridgehead atoms. The van der Waals surface area contributed by atoms with Crippen molar-refractivity contribution in [2.45, 2.75) is 47.1 Å². The fourth-order valence-corrected chi connectivity index (χ4v) is 2.34. The van der Waals surface area contributed by atoms with Crippen molar-refractivity contribution in [3.05, 3.63) is 28.8 Å². The largest absolute Gasteiger partial charge is 0.496 e. The second-order valence-electron chi connectivity index (χ2n) is 6.24. The van der Waals surface area contributed by atoms with Crippen LogP contribution in [0.1, 0.15) is 49.9 Å². The monoisotopic (exact) mass is 249 g/mol. The highest BCUT2D eigenvalue weighted by atomic mass is 16.5. The highest BCUT2D eigenvalue weighted by molar-refractivity contribution is 5.46. The number of benzene rings is 1. The normalized spacial score (nSPS) is 13.5. The van der Waals surface area contributed by atoms with Gasteiger partial charge < -0.3 is 10.1 Å². The standard InChI is InChI=1S/C16H27NO/c1-11-8-9-13(15(18-7)12(11)2)14(17-6)10-16(3,4)5/h8-9,14,17H,10H2,1-7H3. The highest BCUT2D eigenvalue weighted by Crippen LogP contribution is 2.36. The van der Waals surface area contributed by atoms with E-state index in [1.165, 1.54) is 16.7 Å². The van der Waals surface area contributed by atoms with Gasteiger partial charge in [-0.05, 0) is 43.9 Å². The van der Waals surface area contributed by atoms with Crippen LogP contribution in [0, 0.1) is 19.3 Å². The van der Waals surface area contributed by atoms with Crippen LogP contribution in [0.25, 0.3) is 0 Å². The van der Waals surface area contributed by atoms with Crippen molar-refractivity contribution < 1.29 is 4.74 Å². The van der Waals surface area contributed by atoms with Crippen molar-refractivity contribution in [3.63, 3.8) is 0 Å². The van der Waals surface area contributed by atoms with Crippen LogP contribution in [0.4, 0.5) is 0 Å². The summed E-state index contributed by atoms with van der Waals surface area (Å²) in [5, 5.41) is 3.42. The maximum absolute atomic E-state index is 5.61. The molecule has 0 radical (unpaired) electrons. The molecule has 1 unspecified atom stereocenters. The van der Waals surface area contributed by atoms with Crippen molar-refractivity contribution >= 4 is 0 Å². The van der Waals surface area contributed by atoms with Crippen LogP contribution in [-0.2, 0) is 0 Å². The molecule has 0 saturated heterocycles. The number of methoxy groups -OCH3 is 1. The third-order valence-corrected chi connectivity index (χ3v) is 3.45. The van der Waals surface area contributed by atoms with Crippen molar-refractivity contribution in [2.75, 3.05) is 14.2 Å². The van der Waals surface area contributed by atoms with Crippen LogP contribution in [0.5, 0.6) is 5.75 Å². The van der Waals surface area contributed by atoms with Crippen LogP contribution in [0.2, 0.25) is 0 Å². The molecule has 0 heterocycles. The summed E-state index contributed by atoms with van der Waals surface area (Å²) >= 11 is 0. The van der Waals surface area contributed by atoms with Gasteiger partial charge in [0, 0.05) is 11.6 Å². The fourth-order valence-electron chi connectivity index (χ4n) is 2.34. The third-order valence-electron chi connectivity index (χ3n) is 3.45. The topological polar surface area (TPSA) is 21.3 Å². The minimum absolute atomic E-state index is 0.289. The lowest BCUT2D eigenvalue weighted by molar-refractivity contribution is 0.312.